The Balaban J connectivity index is 2.09. The number of aromatic nitrogens is 2. The number of H-pyrrole nitrogens is 1. The van der Waals surface area contributed by atoms with E-state index in [0.717, 1.165) is 5.56 Å². The first kappa shape index (κ1) is 10.7. The molecule has 0 unspecified atom stereocenters. The second-order valence-corrected chi connectivity index (χ2v) is 3.52. The predicted molar refractivity (Wildman–Crippen MR) is 62.5 cm³/mol. The molecular weight excluding hydrogens is 226 g/mol. The van der Waals surface area contributed by atoms with Gasteiger partial charge in [-0.1, -0.05) is 12.1 Å². The second kappa shape index (κ2) is 4.81. The minimum atomic E-state index is -0.176. The van der Waals surface area contributed by atoms with E-state index in [9.17, 15) is 4.79 Å². The van der Waals surface area contributed by atoms with Gasteiger partial charge in [0.25, 0.3) is 5.91 Å². The maximum absolute atomic E-state index is 11.7. The fourth-order valence-corrected chi connectivity index (χ4v) is 1.44. The first-order valence-electron chi connectivity index (χ1n) is 4.75. The highest BCUT2D eigenvalue weighted by Gasteiger charge is 2.05. The van der Waals surface area contributed by atoms with Crippen molar-refractivity contribution in [2.75, 3.05) is 5.32 Å². The molecule has 0 radical (unpaired) electrons. The first-order valence-corrected chi connectivity index (χ1v) is 5.28. The van der Waals surface area contributed by atoms with E-state index in [1.54, 1.807) is 24.4 Å². The van der Waals surface area contributed by atoms with Crippen molar-refractivity contribution in [3.8, 4) is 0 Å². The lowest BCUT2D eigenvalue weighted by Gasteiger charge is -2.02. The van der Waals surface area contributed by atoms with Gasteiger partial charge >= 0.3 is 0 Å². The zero-order valence-electron chi connectivity index (χ0n) is 8.40. The Morgan fingerprint density at radius 1 is 1.31 bits per heavy atom. The van der Waals surface area contributed by atoms with Gasteiger partial charge in [-0.15, -0.1) is 11.6 Å². The summed E-state index contributed by atoms with van der Waals surface area (Å²) in [5.74, 6) is 0.847. The molecule has 5 heteroatoms. The molecule has 0 aliphatic carbocycles. The molecule has 1 aromatic carbocycles. The van der Waals surface area contributed by atoms with Crippen LogP contribution in [0.1, 0.15) is 15.9 Å². The number of nitrogens with zero attached hydrogens (tertiary/aromatic N) is 1. The molecule has 0 saturated carbocycles. The van der Waals surface area contributed by atoms with Gasteiger partial charge in [-0.3, -0.25) is 9.89 Å². The molecule has 82 valence electrons. The van der Waals surface area contributed by atoms with Crippen molar-refractivity contribution in [2.45, 2.75) is 5.88 Å². The maximum Gasteiger partial charge on any atom is 0.256 e. The fourth-order valence-electron chi connectivity index (χ4n) is 1.27. The maximum atomic E-state index is 11.7. The van der Waals surface area contributed by atoms with Crippen LogP contribution in [0, 0.1) is 0 Å². The number of amides is 1. The Morgan fingerprint density at radius 3 is 2.62 bits per heavy atom. The number of carbonyl (C=O) groups is 1. The smallest absolute Gasteiger partial charge is 0.256 e. The lowest BCUT2D eigenvalue weighted by molar-refractivity contribution is 0.102. The van der Waals surface area contributed by atoms with Gasteiger partial charge in [0.1, 0.15) is 5.82 Å². The summed E-state index contributed by atoms with van der Waals surface area (Å²) in [4.78, 5) is 11.7. The van der Waals surface area contributed by atoms with Crippen molar-refractivity contribution in [3.05, 3.63) is 47.7 Å². The fraction of sp³-hybridized carbons (Fsp3) is 0.0909. The van der Waals surface area contributed by atoms with Crippen LogP contribution in [0.5, 0.6) is 0 Å². The van der Waals surface area contributed by atoms with E-state index in [-0.39, 0.29) is 5.91 Å². The molecule has 1 aromatic heterocycles. The Morgan fingerprint density at radius 2 is 2.06 bits per heavy atom. The molecule has 0 spiro atoms. The highest BCUT2D eigenvalue weighted by molar-refractivity contribution is 6.17. The summed E-state index contributed by atoms with van der Waals surface area (Å²) in [6, 6.07) is 8.82. The normalized spacial score (nSPS) is 10.1. The first-order chi connectivity index (χ1) is 7.79. The van der Waals surface area contributed by atoms with Gasteiger partial charge in [0.05, 0.1) is 6.20 Å². The van der Waals surface area contributed by atoms with E-state index in [1.165, 1.54) is 0 Å². The van der Waals surface area contributed by atoms with Gasteiger partial charge < -0.3 is 5.32 Å². The van der Waals surface area contributed by atoms with Crippen LogP contribution in [0.3, 0.4) is 0 Å². The van der Waals surface area contributed by atoms with E-state index < -0.39 is 0 Å². The number of benzene rings is 1. The van der Waals surface area contributed by atoms with Crippen molar-refractivity contribution in [1.29, 1.82) is 0 Å². The molecule has 16 heavy (non-hydrogen) atoms. The van der Waals surface area contributed by atoms with Gasteiger partial charge in [-0.25, -0.2) is 0 Å². The van der Waals surface area contributed by atoms with Gasteiger partial charge in [-0.05, 0) is 17.7 Å². The molecular formula is C11H10ClN3O. The average molecular weight is 236 g/mol. The quantitative estimate of drug-likeness (QED) is 0.803. The largest absolute Gasteiger partial charge is 0.307 e. The van der Waals surface area contributed by atoms with Crippen LogP contribution in [0.25, 0.3) is 0 Å². The Kier molecular flexibility index (Phi) is 3.22. The van der Waals surface area contributed by atoms with Crippen LogP contribution in [-0.4, -0.2) is 16.1 Å². The monoisotopic (exact) mass is 235 g/mol. The number of carbonyl (C=O) groups excluding carboxylic acids is 1. The Hall–Kier alpha value is -1.81. The van der Waals surface area contributed by atoms with Crippen LogP contribution >= 0.6 is 11.6 Å². The number of hydrogen-bond acceptors (Lipinski definition) is 2. The predicted octanol–water partition coefficient (Wildman–Crippen LogP) is 2.40. The Labute approximate surface area is 97.6 Å². The summed E-state index contributed by atoms with van der Waals surface area (Å²) in [6.07, 6.45) is 1.58. The van der Waals surface area contributed by atoms with E-state index in [2.05, 4.69) is 15.5 Å². The van der Waals surface area contributed by atoms with Gasteiger partial charge in [0.15, 0.2) is 0 Å². The summed E-state index contributed by atoms with van der Waals surface area (Å²) in [5.41, 5.74) is 1.57. The number of alkyl halides is 1. The average Bonchev–Trinajstić information content (AvgIpc) is 2.82. The number of halogens is 1. The Bertz CT molecular complexity index is 464. The number of nitrogens with one attached hydrogen (secondary N) is 2. The van der Waals surface area contributed by atoms with Crippen molar-refractivity contribution < 1.29 is 4.79 Å². The summed E-state index contributed by atoms with van der Waals surface area (Å²) < 4.78 is 0. The van der Waals surface area contributed by atoms with Crippen molar-refractivity contribution >= 4 is 23.3 Å². The molecule has 2 rings (SSSR count). The third-order valence-corrected chi connectivity index (χ3v) is 2.43. The molecule has 0 saturated heterocycles. The molecule has 1 heterocycles. The molecule has 0 aliphatic heterocycles. The van der Waals surface area contributed by atoms with E-state index in [4.69, 9.17) is 11.6 Å². The highest BCUT2D eigenvalue weighted by Crippen LogP contribution is 2.09. The van der Waals surface area contributed by atoms with Crippen LogP contribution in [0.15, 0.2) is 36.5 Å². The summed E-state index contributed by atoms with van der Waals surface area (Å²) in [5, 5.41) is 9.08. The molecule has 2 N–H and O–H groups in total. The zero-order chi connectivity index (χ0) is 11.4. The minimum Gasteiger partial charge on any atom is -0.307 e. The molecule has 0 aliphatic rings. The third kappa shape index (κ3) is 2.41. The van der Waals surface area contributed by atoms with Crippen LogP contribution in [-0.2, 0) is 5.88 Å². The van der Waals surface area contributed by atoms with Gasteiger partial charge in [0, 0.05) is 17.5 Å². The number of aromatic amines is 1. The lowest BCUT2D eigenvalue weighted by atomic mass is 10.1. The molecule has 1 amide bonds. The standard InChI is InChI=1S/C11H10ClN3O/c12-7-8-1-3-9(4-2-8)11(16)14-10-5-6-13-15-10/h1-6H,7H2,(H2,13,14,15,16). The van der Waals surface area contributed by atoms with Crippen LogP contribution in [0.4, 0.5) is 5.82 Å². The van der Waals surface area contributed by atoms with Gasteiger partial charge in [0.2, 0.25) is 0 Å². The zero-order valence-corrected chi connectivity index (χ0v) is 9.16. The summed E-state index contributed by atoms with van der Waals surface area (Å²) in [7, 11) is 0. The SMILES string of the molecule is O=C(Nc1ccn[nH]1)c1ccc(CCl)cc1. The van der Waals surface area contributed by atoms with Crippen molar-refractivity contribution in [1.82, 2.24) is 10.2 Å². The van der Waals surface area contributed by atoms with Crippen LogP contribution < -0.4 is 5.32 Å². The van der Waals surface area contributed by atoms with Crippen molar-refractivity contribution in [2.24, 2.45) is 0 Å². The lowest BCUT2D eigenvalue weighted by Crippen LogP contribution is -2.12. The number of hydrogen-bond donors (Lipinski definition) is 2. The molecule has 4 nitrogen and oxygen atoms in total. The highest BCUT2D eigenvalue weighted by atomic mass is 35.5. The van der Waals surface area contributed by atoms with Gasteiger partial charge in [-0.2, -0.15) is 5.10 Å². The second-order valence-electron chi connectivity index (χ2n) is 3.25. The summed E-state index contributed by atoms with van der Waals surface area (Å²) >= 11 is 5.66. The number of rotatable bonds is 3. The van der Waals surface area contributed by atoms with E-state index in [1.807, 2.05) is 12.1 Å². The third-order valence-electron chi connectivity index (χ3n) is 2.12. The minimum absolute atomic E-state index is 0.176. The number of anilines is 1. The molecule has 0 atom stereocenters. The van der Waals surface area contributed by atoms with E-state index >= 15 is 0 Å². The summed E-state index contributed by atoms with van der Waals surface area (Å²) in [6.45, 7) is 0. The molecule has 0 fully saturated rings. The van der Waals surface area contributed by atoms with E-state index in [0.29, 0.717) is 17.3 Å². The van der Waals surface area contributed by atoms with Crippen LogP contribution in [0.2, 0.25) is 0 Å². The van der Waals surface area contributed by atoms with Crippen molar-refractivity contribution in [3.63, 3.8) is 0 Å². The topological polar surface area (TPSA) is 57.8 Å². The molecule has 0 bridgehead atoms. The molecule has 2 aromatic rings.